The maximum atomic E-state index is 13.4. The van der Waals surface area contributed by atoms with Crippen LogP contribution in [0.2, 0.25) is 0 Å². The molecule has 122 valence electrons. The lowest BCUT2D eigenvalue weighted by atomic mass is 10.3. The highest BCUT2D eigenvalue weighted by molar-refractivity contribution is 6.03. The topological polar surface area (TPSA) is 88.3 Å². The van der Waals surface area contributed by atoms with Crippen LogP contribution in [0.3, 0.4) is 0 Å². The molecule has 1 fully saturated rings. The van der Waals surface area contributed by atoms with Crippen LogP contribution in [-0.2, 0) is 0 Å². The lowest BCUT2D eigenvalue weighted by molar-refractivity contribution is 0.102. The van der Waals surface area contributed by atoms with Crippen molar-refractivity contribution in [1.82, 2.24) is 24.6 Å². The van der Waals surface area contributed by atoms with Gasteiger partial charge in [-0.3, -0.25) is 4.79 Å². The molecule has 3 aromatic rings. The molecule has 0 aromatic carbocycles. The first kappa shape index (κ1) is 14.5. The Hall–Kier alpha value is -3.10. The number of carbonyl (C=O) groups is 1. The van der Waals surface area contributed by atoms with Crippen molar-refractivity contribution in [2.45, 2.75) is 12.6 Å². The molecule has 4 rings (SSSR count). The minimum Gasteiger partial charge on any atom is -0.352 e. The summed E-state index contributed by atoms with van der Waals surface area (Å²) in [6, 6.07) is 3.55. The monoisotopic (exact) mass is 327 g/mol. The average Bonchev–Trinajstić information content (AvgIpc) is 3.21. The number of nitrogens with zero attached hydrogens (tertiary/aromatic N) is 6. The fourth-order valence-corrected chi connectivity index (χ4v) is 2.67. The van der Waals surface area contributed by atoms with E-state index in [0.717, 1.165) is 0 Å². The Morgan fingerprint density at radius 2 is 2.08 bits per heavy atom. The van der Waals surface area contributed by atoms with Crippen LogP contribution in [-0.4, -0.2) is 49.7 Å². The maximum Gasteiger partial charge on any atom is 0.276 e. The fourth-order valence-electron chi connectivity index (χ4n) is 2.67. The van der Waals surface area contributed by atoms with Crippen LogP contribution in [0.15, 0.2) is 37.1 Å². The van der Waals surface area contributed by atoms with Crippen molar-refractivity contribution in [3.05, 3.63) is 42.7 Å². The molecule has 0 bridgehead atoms. The number of amides is 1. The first-order valence-electron chi connectivity index (χ1n) is 7.51. The predicted molar refractivity (Wildman–Crippen MR) is 84.7 cm³/mol. The Labute approximate surface area is 136 Å². The zero-order chi connectivity index (χ0) is 16.5. The molecule has 1 N–H and O–H groups in total. The van der Waals surface area contributed by atoms with E-state index in [1.807, 2.05) is 4.90 Å². The van der Waals surface area contributed by atoms with Crippen molar-refractivity contribution >= 4 is 23.1 Å². The second kappa shape index (κ2) is 5.84. The summed E-state index contributed by atoms with van der Waals surface area (Å²) >= 11 is 0. The van der Waals surface area contributed by atoms with E-state index in [1.165, 1.54) is 29.4 Å². The van der Waals surface area contributed by atoms with Gasteiger partial charge in [-0.05, 0) is 18.6 Å². The third-order valence-corrected chi connectivity index (χ3v) is 3.85. The van der Waals surface area contributed by atoms with Gasteiger partial charge in [0.05, 0.1) is 30.8 Å². The molecule has 1 aliphatic heterocycles. The van der Waals surface area contributed by atoms with E-state index < -0.39 is 6.17 Å². The summed E-state index contributed by atoms with van der Waals surface area (Å²) in [5.74, 6) is 0.254. The molecule has 1 saturated heterocycles. The number of alkyl halides is 1. The Bertz CT molecular complexity index is 882. The van der Waals surface area contributed by atoms with Crippen molar-refractivity contribution in [3.8, 4) is 0 Å². The van der Waals surface area contributed by atoms with Crippen molar-refractivity contribution in [1.29, 1.82) is 0 Å². The van der Waals surface area contributed by atoms with E-state index in [4.69, 9.17) is 0 Å². The van der Waals surface area contributed by atoms with Gasteiger partial charge in [0.2, 0.25) is 0 Å². The second-order valence-electron chi connectivity index (χ2n) is 5.52. The maximum absolute atomic E-state index is 13.4. The number of aromatic nitrogens is 5. The van der Waals surface area contributed by atoms with Crippen molar-refractivity contribution in [2.24, 2.45) is 0 Å². The summed E-state index contributed by atoms with van der Waals surface area (Å²) in [4.78, 5) is 26.2. The standard InChI is InChI=1S/C15H14FN7O/c16-10-3-4-22(8-10)14-2-1-13-19-7-12(23(13)21-14)15(24)20-11-5-17-9-18-6-11/h1-2,5-7,9-10H,3-4,8H2,(H,20,24). The summed E-state index contributed by atoms with van der Waals surface area (Å²) in [6.45, 7) is 0.924. The molecule has 8 nitrogen and oxygen atoms in total. The van der Waals surface area contributed by atoms with E-state index in [0.29, 0.717) is 36.7 Å². The number of imidazole rings is 1. The number of anilines is 2. The Morgan fingerprint density at radius 3 is 2.83 bits per heavy atom. The zero-order valence-corrected chi connectivity index (χ0v) is 12.6. The van der Waals surface area contributed by atoms with Crippen molar-refractivity contribution in [3.63, 3.8) is 0 Å². The summed E-state index contributed by atoms with van der Waals surface area (Å²) < 4.78 is 14.9. The van der Waals surface area contributed by atoms with Crippen LogP contribution in [0.1, 0.15) is 16.9 Å². The fraction of sp³-hybridized carbons (Fsp3) is 0.267. The molecule has 4 heterocycles. The van der Waals surface area contributed by atoms with Gasteiger partial charge in [0, 0.05) is 6.54 Å². The van der Waals surface area contributed by atoms with Gasteiger partial charge < -0.3 is 10.2 Å². The number of hydrogen-bond donors (Lipinski definition) is 1. The number of halogens is 1. The average molecular weight is 327 g/mol. The van der Waals surface area contributed by atoms with E-state index >= 15 is 0 Å². The van der Waals surface area contributed by atoms with E-state index in [2.05, 4.69) is 25.4 Å². The van der Waals surface area contributed by atoms with Crippen LogP contribution < -0.4 is 10.2 Å². The van der Waals surface area contributed by atoms with Crippen molar-refractivity contribution in [2.75, 3.05) is 23.3 Å². The van der Waals surface area contributed by atoms with Gasteiger partial charge in [-0.25, -0.2) is 23.9 Å². The molecule has 3 aromatic heterocycles. The molecule has 1 atom stereocenters. The van der Waals surface area contributed by atoms with Gasteiger partial charge in [0.15, 0.2) is 11.3 Å². The molecular formula is C15H14FN7O. The first-order chi connectivity index (χ1) is 11.7. The largest absolute Gasteiger partial charge is 0.352 e. The number of carbonyl (C=O) groups excluding carboxylic acids is 1. The van der Waals surface area contributed by atoms with E-state index in [9.17, 15) is 9.18 Å². The molecule has 0 spiro atoms. The summed E-state index contributed by atoms with van der Waals surface area (Å²) in [7, 11) is 0. The van der Waals surface area contributed by atoms with Crippen LogP contribution in [0.5, 0.6) is 0 Å². The summed E-state index contributed by atoms with van der Waals surface area (Å²) in [5, 5.41) is 7.13. The molecule has 0 radical (unpaired) electrons. The minimum absolute atomic E-state index is 0.284. The first-order valence-corrected chi connectivity index (χ1v) is 7.51. The Balaban J connectivity index is 1.64. The quantitative estimate of drug-likeness (QED) is 0.780. The van der Waals surface area contributed by atoms with Crippen molar-refractivity contribution < 1.29 is 9.18 Å². The molecular weight excluding hydrogens is 313 g/mol. The lowest BCUT2D eigenvalue weighted by Crippen LogP contribution is -2.23. The molecule has 24 heavy (non-hydrogen) atoms. The second-order valence-corrected chi connectivity index (χ2v) is 5.52. The summed E-state index contributed by atoms with van der Waals surface area (Å²) in [5.41, 5.74) is 1.31. The normalized spacial score (nSPS) is 17.4. The van der Waals surface area contributed by atoms with E-state index in [1.54, 1.807) is 12.1 Å². The van der Waals surface area contributed by atoms with Gasteiger partial charge >= 0.3 is 0 Å². The molecule has 1 aliphatic rings. The zero-order valence-electron chi connectivity index (χ0n) is 12.6. The minimum atomic E-state index is -0.842. The van der Waals surface area contributed by atoms with Crippen LogP contribution in [0.25, 0.3) is 5.65 Å². The predicted octanol–water partition coefficient (Wildman–Crippen LogP) is 1.32. The van der Waals surface area contributed by atoms with Crippen LogP contribution in [0.4, 0.5) is 15.9 Å². The molecule has 9 heteroatoms. The molecule has 1 unspecified atom stereocenters. The SMILES string of the molecule is O=C(Nc1cncnc1)c1cnc2ccc(N3CCC(F)C3)nn12. The van der Waals surface area contributed by atoms with Gasteiger partial charge in [-0.1, -0.05) is 0 Å². The number of fused-ring (bicyclic) bond motifs is 1. The van der Waals surface area contributed by atoms with Gasteiger partial charge in [0.25, 0.3) is 5.91 Å². The van der Waals surface area contributed by atoms with Crippen LogP contribution >= 0.6 is 0 Å². The lowest BCUT2D eigenvalue weighted by Gasteiger charge is -2.16. The Kier molecular flexibility index (Phi) is 3.52. The molecule has 0 saturated carbocycles. The van der Waals surface area contributed by atoms with Gasteiger partial charge in [-0.15, -0.1) is 5.10 Å². The molecule has 1 amide bonds. The third kappa shape index (κ3) is 2.64. The van der Waals surface area contributed by atoms with Gasteiger partial charge in [-0.2, -0.15) is 0 Å². The highest BCUT2D eigenvalue weighted by Gasteiger charge is 2.24. The summed E-state index contributed by atoms with van der Waals surface area (Å²) in [6.07, 6.45) is 5.48. The van der Waals surface area contributed by atoms with E-state index in [-0.39, 0.29) is 11.6 Å². The molecule has 0 aliphatic carbocycles. The Morgan fingerprint density at radius 1 is 1.25 bits per heavy atom. The smallest absolute Gasteiger partial charge is 0.276 e. The third-order valence-electron chi connectivity index (χ3n) is 3.85. The number of nitrogens with one attached hydrogen (secondary N) is 1. The highest BCUT2D eigenvalue weighted by Crippen LogP contribution is 2.20. The van der Waals surface area contributed by atoms with Gasteiger partial charge in [0.1, 0.15) is 18.3 Å². The highest BCUT2D eigenvalue weighted by atomic mass is 19.1. The van der Waals surface area contributed by atoms with Crippen LogP contribution in [0, 0.1) is 0 Å². The number of hydrogen-bond acceptors (Lipinski definition) is 6. The number of rotatable bonds is 3.